The molecule has 1 aliphatic rings. The first-order valence-electron chi connectivity index (χ1n) is 12.5. The molecular formula is C28H39F6NO3S. The number of ether oxygens (including phenoxy) is 2. The minimum atomic E-state index is -4.62. The summed E-state index contributed by atoms with van der Waals surface area (Å²) in [6.07, 6.45) is -5.35. The largest absolute Gasteiger partial charge is 0.492 e. The van der Waals surface area contributed by atoms with Crippen LogP contribution in [0, 0.1) is 11.2 Å². The number of hydrogen-bond donors (Lipinski definition) is 0. The average Bonchev–Trinajstić information content (AvgIpc) is 3.11. The number of carbonyl (C=O) groups is 1. The van der Waals surface area contributed by atoms with Crippen molar-refractivity contribution < 1.29 is 40.6 Å². The van der Waals surface area contributed by atoms with Gasteiger partial charge in [-0.15, -0.1) is 11.8 Å². The highest BCUT2D eigenvalue weighted by Crippen LogP contribution is 2.46. The zero-order chi connectivity index (χ0) is 30.2. The summed E-state index contributed by atoms with van der Waals surface area (Å²) < 4.78 is 85.9. The second-order valence-electron chi connectivity index (χ2n) is 8.75. The number of thioether (sulfide) groups is 1. The molecule has 2 aromatic carbocycles. The molecule has 0 radical (unpaired) electrons. The molecule has 222 valence electrons. The Balaban J connectivity index is 0.00000125. The normalized spacial score (nSPS) is 12.9. The van der Waals surface area contributed by atoms with Gasteiger partial charge in [0.2, 0.25) is 6.43 Å². The van der Waals surface area contributed by atoms with Gasteiger partial charge in [0.15, 0.2) is 0 Å². The quantitative estimate of drug-likeness (QED) is 0.251. The van der Waals surface area contributed by atoms with Crippen LogP contribution in [-0.2, 0) is 15.7 Å². The van der Waals surface area contributed by atoms with Crippen molar-refractivity contribution in [3.63, 3.8) is 0 Å². The number of hydrogen-bond acceptors (Lipinski definition) is 5. The maximum atomic E-state index is 13.8. The molecule has 0 atom stereocenters. The third-order valence-corrected chi connectivity index (χ3v) is 5.94. The number of benzene rings is 2. The molecule has 39 heavy (non-hydrogen) atoms. The van der Waals surface area contributed by atoms with Gasteiger partial charge in [0, 0.05) is 37.8 Å². The fourth-order valence-electron chi connectivity index (χ4n) is 2.93. The molecule has 11 heteroatoms. The molecule has 2 aromatic rings. The van der Waals surface area contributed by atoms with Crippen molar-refractivity contribution >= 4 is 29.4 Å². The highest BCUT2D eigenvalue weighted by molar-refractivity contribution is 7.99. The molecule has 0 amide bonds. The van der Waals surface area contributed by atoms with E-state index in [4.69, 9.17) is 4.74 Å². The van der Waals surface area contributed by atoms with Gasteiger partial charge in [-0.25, -0.2) is 13.2 Å². The Kier molecular flexibility index (Phi) is 16.9. The number of anilines is 2. The topological polar surface area (TPSA) is 38.8 Å². The zero-order valence-corrected chi connectivity index (χ0v) is 24.3. The molecule has 0 saturated carbocycles. The van der Waals surface area contributed by atoms with Crippen LogP contribution in [0.15, 0.2) is 41.3 Å². The van der Waals surface area contributed by atoms with E-state index < -0.39 is 29.4 Å². The first-order chi connectivity index (χ1) is 18.3. The molecule has 0 bridgehead atoms. The summed E-state index contributed by atoms with van der Waals surface area (Å²) in [6, 6.07) is 8.16. The van der Waals surface area contributed by atoms with Crippen molar-refractivity contribution in [2.24, 2.45) is 5.41 Å². The van der Waals surface area contributed by atoms with E-state index in [9.17, 15) is 31.1 Å². The van der Waals surface area contributed by atoms with Crippen LogP contribution in [-0.4, -0.2) is 45.8 Å². The van der Waals surface area contributed by atoms with E-state index in [0.29, 0.717) is 29.1 Å². The van der Waals surface area contributed by atoms with E-state index in [1.807, 2.05) is 13.8 Å². The van der Waals surface area contributed by atoms with Crippen LogP contribution in [0.1, 0.15) is 53.0 Å². The lowest BCUT2D eigenvalue weighted by atomic mass is 9.97. The molecule has 0 aliphatic carbocycles. The number of alkyl halides is 5. The summed E-state index contributed by atoms with van der Waals surface area (Å²) in [5.41, 5.74) is -0.761. The van der Waals surface area contributed by atoms with Gasteiger partial charge in [0.05, 0.1) is 23.3 Å². The van der Waals surface area contributed by atoms with Gasteiger partial charge >= 0.3 is 6.18 Å². The molecule has 4 nitrogen and oxygen atoms in total. The number of fused-ring (bicyclic) bond motifs is 1. The predicted octanol–water partition coefficient (Wildman–Crippen LogP) is 9.03. The highest BCUT2D eigenvalue weighted by Gasteiger charge is 2.37. The Morgan fingerprint density at radius 3 is 2.08 bits per heavy atom. The van der Waals surface area contributed by atoms with Crippen molar-refractivity contribution in [3.8, 4) is 5.75 Å². The van der Waals surface area contributed by atoms with Gasteiger partial charge in [-0.05, 0) is 62.4 Å². The summed E-state index contributed by atoms with van der Waals surface area (Å²) in [6.45, 7) is 9.00. The Hall–Kier alpha value is -2.40. The van der Waals surface area contributed by atoms with Crippen LogP contribution < -0.4 is 9.64 Å². The van der Waals surface area contributed by atoms with Gasteiger partial charge in [0.25, 0.3) is 0 Å². The van der Waals surface area contributed by atoms with Crippen LogP contribution >= 0.6 is 11.8 Å². The van der Waals surface area contributed by atoms with Crippen molar-refractivity contribution in [3.05, 3.63) is 47.8 Å². The number of methoxy groups -OCH3 is 1. The highest BCUT2D eigenvalue weighted by atomic mass is 32.2. The standard InChI is InChI=1S/C21H21F4NO2S.C3H6F2.C2H6O.C2H6/c1-20(2,12-27)13-28-18-11-19-17(10-16(18)21(23,24)25)26(8-3-9-29-19)15-6-4-14(22)5-7-15;1-2-3(4)5;1-3-2;1-2/h4-7,10-12H,3,8-9,13H2,1-2H3;3H,2H2,1H3;1-2H3;1-2H3. The lowest BCUT2D eigenvalue weighted by molar-refractivity contribution is -0.139. The maximum Gasteiger partial charge on any atom is 0.420 e. The van der Waals surface area contributed by atoms with Crippen molar-refractivity contribution in [2.45, 2.75) is 65.0 Å². The molecule has 0 spiro atoms. The molecule has 0 fully saturated rings. The zero-order valence-electron chi connectivity index (χ0n) is 23.5. The fraction of sp³-hybridized carbons (Fsp3) is 0.536. The smallest absolute Gasteiger partial charge is 0.420 e. The second kappa shape index (κ2) is 18.0. The number of halogens is 6. The molecule has 1 aliphatic heterocycles. The van der Waals surface area contributed by atoms with Gasteiger partial charge in [-0.3, -0.25) is 0 Å². The van der Waals surface area contributed by atoms with Crippen molar-refractivity contribution in [1.29, 1.82) is 0 Å². The molecular weight excluding hydrogens is 544 g/mol. The summed E-state index contributed by atoms with van der Waals surface area (Å²) in [5, 5.41) is 0. The Labute approximate surface area is 232 Å². The van der Waals surface area contributed by atoms with Crippen molar-refractivity contribution in [1.82, 2.24) is 0 Å². The molecule has 3 rings (SSSR count). The van der Waals surface area contributed by atoms with E-state index in [1.54, 1.807) is 45.1 Å². The third-order valence-electron chi connectivity index (χ3n) is 4.81. The molecule has 1 heterocycles. The molecule has 0 aromatic heterocycles. The van der Waals surface area contributed by atoms with E-state index in [1.165, 1.54) is 36.9 Å². The van der Waals surface area contributed by atoms with E-state index in [-0.39, 0.29) is 18.8 Å². The number of rotatable bonds is 6. The Morgan fingerprint density at radius 1 is 1.08 bits per heavy atom. The maximum absolute atomic E-state index is 13.8. The molecule has 0 N–H and O–H groups in total. The second-order valence-corrected chi connectivity index (χ2v) is 9.88. The van der Waals surface area contributed by atoms with E-state index >= 15 is 0 Å². The Morgan fingerprint density at radius 2 is 1.62 bits per heavy atom. The number of nitrogens with zero attached hydrogens (tertiary/aromatic N) is 1. The summed E-state index contributed by atoms with van der Waals surface area (Å²) in [7, 11) is 3.25. The lowest BCUT2D eigenvalue weighted by Crippen LogP contribution is -2.24. The average molecular weight is 584 g/mol. The number of carbonyl (C=O) groups excluding carboxylic acids is 1. The lowest BCUT2D eigenvalue weighted by Gasteiger charge is -2.27. The van der Waals surface area contributed by atoms with E-state index in [0.717, 1.165) is 18.2 Å². The summed E-state index contributed by atoms with van der Waals surface area (Å²) in [4.78, 5) is 13.5. The van der Waals surface area contributed by atoms with Crippen LogP contribution in [0.2, 0.25) is 0 Å². The van der Waals surface area contributed by atoms with Gasteiger partial charge < -0.3 is 19.2 Å². The monoisotopic (exact) mass is 583 g/mol. The van der Waals surface area contributed by atoms with Crippen molar-refractivity contribution in [2.75, 3.05) is 38.0 Å². The number of aldehydes is 1. The van der Waals surface area contributed by atoms with Crippen LogP contribution in [0.25, 0.3) is 0 Å². The third kappa shape index (κ3) is 13.0. The molecule has 0 unspecified atom stereocenters. The first-order valence-corrected chi connectivity index (χ1v) is 13.5. The fourth-order valence-corrected chi connectivity index (χ4v) is 3.93. The minimum Gasteiger partial charge on any atom is -0.492 e. The molecule has 0 saturated heterocycles. The van der Waals surface area contributed by atoms with Gasteiger partial charge in [-0.2, -0.15) is 13.2 Å². The predicted molar refractivity (Wildman–Crippen MR) is 146 cm³/mol. The summed E-state index contributed by atoms with van der Waals surface area (Å²) in [5.74, 6) is 0.0327. The minimum absolute atomic E-state index is 0.0278. The van der Waals surface area contributed by atoms with Gasteiger partial charge in [0.1, 0.15) is 17.9 Å². The van der Waals surface area contributed by atoms with Crippen LogP contribution in [0.4, 0.5) is 37.7 Å². The first kappa shape index (κ1) is 36.6. The SMILES string of the molecule is CC.CC(C)(C=O)COc1cc2c(cc1C(F)(F)F)N(c1ccc(F)cc1)CCCS2.CCC(F)F.COC. The van der Waals surface area contributed by atoms with E-state index in [2.05, 4.69) is 4.74 Å². The summed E-state index contributed by atoms with van der Waals surface area (Å²) >= 11 is 1.45. The van der Waals surface area contributed by atoms with Crippen LogP contribution in [0.5, 0.6) is 5.75 Å². The Bertz CT molecular complexity index is 969. The van der Waals surface area contributed by atoms with Crippen LogP contribution in [0.3, 0.4) is 0 Å². The van der Waals surface area contributed by atoms with Gasteiger partial charge in [-0.1, -0.05) is 20.8 Å².